The molecule has 1 heterocycles. The van der Waals surface area contributed by atoms with Crippen molar-refractivity contribution in [1.82, 2.24) is 15.1 Å². The average molecular weight is 400 g/mol. The third kappa shape index (κ3) is 4.62. The summed E-state index contributed by atoms with van der Waals surface area (Å²) >= 11 is 6.00. The van der Waals surface area contributed by atoms with Crippen LogP contribution in [0.5, 0.6) is 0 Å². The molecule has 7 nitrogen and oxygen atoms in total. The van der Waals surface area contributed by atoms with Crippen LogP contribution in [0.4, 0.5) is 16.3 Å². The molecule has 3 rings (SSSR count). The smallest absolute Gasteiger partial charge is 0.319 e. The first-order valence-electron chi connectivity index (χ1n) is 8.84. The quantitative estimate of drug-likeness (QED) is 0.524. The molecular formula is C20H22ClN5O2. The highest BCUT2D eigenvalue weighted by molar-refractivity contribution is 6.30. The number of ether oxygens (including phenoxy) is 1. The van der Waals surface area contributed by atoms with Gasteiger partial charge in [-0.3, -0.25) is 0 Å². The van der Waals surface area contributed by atoms with Crippen LogP contribution in [-0.2, 0) is 4.74 Å². The molecule has 0 saturated carbocycles. The van der Waals surface area contributed by atoms with Gasteiger partial charge in [0.25, 0.3) is 0 Å². The standard InChI is InChI=1S/C20H22ClN5O2/c1-28-13-5-12-23-20(27)24-18-17(14-8-10-15(21)11-9-14)25-26(19(18)22)16-6-3-2-4-7-16/h2-4,6-11H,5,12-13,22H2,1H3,(H2,23,24,27). The second kappa shape index (κ2) is 9.25. The van der Waals surface area contributed by atoms with E-state index in [0.29, 0.717) is 41.8 Å². The number of methoxy groups -OCH3 is 1. The minimum atomic E-state index is -0.356. The molecule has 8 heteroatoms. The fourth-order valence-electron chi connectivity index (χ4n) is 2.71. The Labute approximate surface area is 168 Å². The van der Waals surface area contributed by atoms with Crippen LogP contribution in [-0.4, -0.2) is 36.1 Å². The number of amides is 2. The van der Waals surface area contributed by atoms with Crippen LogP contribution in [0.15, 0.2) is 54.6 Å². The van der Waals surface area contributed by atoms with Gasteiger partial charge in [0, 0.05) is 30.8 Å². The van der Waals surface area contributed by atoms with E-state index in [9.17, 15) is 4.79 Å². The van der Waals surface area contributed by atoms with Crippen molar-refractivity contribution in [2.45, 2.75) is 6.42 Å². The summed E-state index contributed by atoms with van der Waals surface area (Å²) in [6.07, 6.45) is 0.715. The lowest BCUT2D eigenvalue weighted by Gasteiger charge is -2.09. The number of carbonyl (C=O) groups is 1. The molecule has 2 amide bonds. The van der Waals surface area contributed by atoms with Gasteiger partial charge >= 0.3 is 6.03 Å². The van der Waals surface area contributed by atoms with Crippen molar-refractivity contribution in [2.24, 2.45) is 0 Å². The van der Waals surface area contributed by atoms with Gasteiger partial charge in [0.05, 0.1) is 5.69 Å². The Kier molecular flexibility index (Phi) is 6.52. The van der Waals surface area contributed by atoms with Crippen LogP contribution in [0.2, 0.25) is 5.02 Å². The minimum Gasteiger partial charge on any atom is -0.385 e. The number of aromatic nitrogens is 2. The molecular weight excluding hydrogens is 378 g/mol. The zero-order valence-corrected chi connectivity index (χ0v) is 16.2. The van der Waals surface area contributed by atoms with Gasteiger partial charge < -0.3 is 21.1 Å². The number of benzene rings is 2. The maximum absolute atomic E-state index is 12.3. The number of urea groups is 1. The lowest BCUT2D eigenvalue weighted by Crippen LogP contribution is -2.30. The first-order chi connectivity index (χ1) is 13.6. The number of anilines is 2. The summed E-state index contributed by atoms with van der Waals surface area (Å²) in [4.78, 5) is 12.3. The number of nitrogen functional groups attached to an aromatic ring is 1. The number of nitrogens with one attached hydrogen (secondary N) is 2. The summed E-state index contributed by atoms with van der Waals surface area (Å²) in [7, 11) is 1.62. The van der Waals surface area contributed by atoms with Crippen LogP contribution in [0, 0.1) is 0 Å². The number of halogens is 1. The maximum atomic E-state index is 12.3. The summed E-state index contributed by atoms with van der Waals surface area (Å²) < 4.78 is 6.59. The molecule has 0 unspecified atom stereocenters. The molecule has 0 bridgehead atoms. The van der Waals surface area contributed by atoms with Gasteiger partial charge in [-0.1, -0.05) is 41.9 Å². The van der Waals surface area contributed by atoms with Gasteiger partial charge in [0.1, 0.15) is 11.4 Å². The fourth-order valence-corrected chi connectivity index (χ4v) is 2.83. The summed E-state index contributed by atoms with van der Waals surface area (Å²) in [6, 6.07) is 16.3. The van der Waals surface area contributed by atoms with Crippen molar-refractivity contribution in [3.05, 3.63) is 59.6 Å². The van der Waals surface area contributed by atoms with E-state index >= 15 is 0 Å². The predicted molar refractivity (Wildman–Crippen MR) is 112 cm³/mol. The van der Waals surface area contributed by atoms with Gasteiger partial charge in [-0.05, 0) is 30.7 Å². The molecule has 0 fully saturated rings. The Morgan fingerprint density at radius 2 is 1.89 bits per heavy atom. The molecule has 146 valence electrons. The lowest BCUT2D eigenvalue weighted by atomic mass is 10.1. The largest absolute Gasteiger partial charge is 0.385 e. The van der Waals surface area contributed by atoms with E-state index in [1.165, 1.54) is 0 Å². The first kappa shape index (κ1) is 19.7. The molecule has 0 aliphatic rings. The van der Waals surface area contributed by atoms with Crippen molar-refractivity contribution < 1.29 is 9.53 Å². The highest BCUT2D eigenvalue weighted by Crippen LogP contribution is 2.34. The monoisotopic (exact) mass is 399 g/mol. The maximum Gasteiger partial charge on any atom is 0.319 e. The minimum absolute atomic E-state index is 0.336. The first-order valence-corrected chi connectivity index (χ1v) is 9.21. The summed E-state index contributed by atoms with van der Waals surface area (Å²) in [5.41, 5.74) is 8.93. The number of para-hydroxylation sites is 1. The molecule has 0 saturated heterocycles. The fraction of sp³-hybridized carbons (Fsp3) is 0.200. The van der Waals surface area contributed by atoms with Gasteiger partial charge in [-0.2, -0.15) is 5.10 Å². The zero-order chi connectivity index (χ0) is 19.9. The second-order valence-electron chi connectivity index (χ2n) is 6.09. The van der Waals surface area contributed by atoms with E-state index in [1.54, 1.807) is 23.9 Å². The van der Waals surface area contributed by atoms with Gasteiger partial charge in [0.15, 0.2) is 5.82 Å². The Morgan fingerprint density at radius 1 is 1.18 bits per heavy atom. The Bertz CT molecular complexity index is 926. The molecule has 3 aromatic rings. The Balaban J connectivity index is 1.93. The molecule has 0 radical (unpaired) electrons. The van der Waals surface area contributed by atoms with Crippen LogP contribution < -0.4 is 16.4 Å². The molecule has 0 aliphatic heterocycles. The molecule has 0 aliphatic carbocycles. The highest BCUT2D eigenvalue weighted by atomic mass is 35.5. The SMILES string of the molecule is COCCCNC(=O)Nc1c(-c2ccc(Cl)cc2)nn(-c2ccccc2)c1N. The van der Waals surface area contributed by atoms with E-state index in [2.05, 4.69) is 15.7 Å². The molecule has 0 spiro atoms. The number of nitrogens with zero attached hydrogens (tertiary/aromatic N) is 2. The van der Waals surface area contributed by atoms with Crippen molar-refractivity contribution in [3.63, 3.8) is 0 Å². The Hall–Kier alpha value is -3.03. The average Bonchev–Trinajstić information content (AvgIpc) is 3.03. The molecule has 4 N–H and O–H groups in total. The summed E-state index contributed by atoms with van der Waals surface area (Å²) in [5, 5.41) is 10.9. The predicted octanol–water partition coefficient (Wildman–Crippen LogP) is 3.93. The molecule has 28 heavy (non-hydrogen) atoms. The van der Waals surface area contributed by atoms with Crippen LogP contribution in [0.1, 0.15) is 6.42 Å². The van der Waals surface area contributed by atoms with E-state index in [4.69, 9.17) is 22.1 Å². The number of hydrogen-bond donors (Lipinski definition) is 3. The number of hydrogen-bond acceptors (Lipinski definition) is 4. The van der Waals surface area contributed by atoms with Gasteiger partial charge in [0.2, 0.25) is 0 Å². The summed E-state index contributed by atoms with van der Waals surface area (Å²) in [6.45, 7) is 1.06. The van der Waals surface area contributed by atoms with Crippen molar-refractivity contribution in [2.75, 3.05) is 31.3 Å². The number of carbonyl (C=O) groups excluding carboxylic acids is 1. The van der Waals surface area contributed by atoms with E-state index in [0.717, 1.165) is 11.3 Å². The normalized spacial score (nSPS) is 10.6. The summed E-state index contributed by atoms with van der Waals surface area (Å²) in [5.74, 6) is 0.336. The van der Waals surface area contributed by atoms with E-state index in [1.807, 2.05) is 42.5 Å². The highest BCUT2D eigenvalue weighted by Gasteiger charge is 2.20. The van der Waals surface area contributed by atoms with Gasteiger partial charge in [-0.25, -0.2) is 9.48 Å². The van der Waals surface area contributed by atoms with Crippen molar-refractivity contribution in [1.29, 1.82) is 0 Å². The molecule has 1 aromatic heterocycles. The van der Waals surface area contributed by atoms with E-state index < -0.39 is 0 Å². The zero-order valence-electron chi connectivity index (χ0n) is 15.5. The van der Waals surface area contributed by atoms with Gasteiger partial charge in [-0.15, -0.1) is 0 Å². The van der Waals surface area contributed by atoms with Crippen molar-refractivity contribution >= 4 is 29.1 Å². The third-order valence-corrected chi connectivity index (χ3v) is 4.34. The number of rotatable bonds is 7. The van der Waals surface area contributed by atoms with E-state index in [-0.39, 0.29) is 6.03 Å². The van der Waals surface area contributed by atoms with Crippen molar-refractivity contribution in [3.8, 4) is 16.9 Å². The lowest BCUT2D eigenvalue weighted by molar-refractivity contribution is 0.194. The second-order valence-corrected chi connectivity index (χ2v) is 6.53. The molecule has 0 atom stereocenters. The topological polar surface area (TPSA) is 94.2 Å². The van der Waals surface area contributed by atoms with Crippen LogP contribution in [0.3, 0.4) is 0 Å². The number of nitrogens with two attached hydrogens (primary N) is 1. The third-order valence-electron chi connectivity index (χ3n) is 4.09. The van der Waals surface area contributed by atoms with Crippen LogP contribution >= 0.6 is 11.6 Å². The molecule has 2 aromatic carbocycles. The Morgan fingerprint density at radius 3 is 2.57 bits per heavy atom. The van der Waals surface area contributed by atoms with Crippen LogP contribution in [0.25, 0.3) is 16.9 Å².